The van der Waals surface area contributed by atoms with Gasteiger partial charge in [-0.25, -0.2) is 9.59 Å². The molecule has 5 atom stereocenters. The molecule has 1 aliphatic heterocycles. The maximum atomic E-state index is 14.3. The number of benzene rings is 1. The molecule has 1 aromatic carbocycles. The van der Waals surface area contributed by atoms with Crippen LogP contribution in [0.5, 0.6) is 0 Å². The monoisotopic (exact) mass is 741 g/mol. The zero-order chi connectivity index (χ0) is 39.5. The summed E-state index contributed by atoms with van der Waals surface area (Å²) in [6.07, 6.45) is 4.19. The molecule has 2 fully saturated rings. The fraction of sp³-hybridized carbons (Fsp3) is 0.632. The Morgan fingerprint density at radius 2 is 1.57 bits per heavy atom. The van der Waals surface area contributed by atoms with Gasteiger partial charge in [0.15, 0.2) is 17.9 Å². The first kappa shape index (κ1) is 42.6. The van der Waals surface area contributed by atoms with Crippen molar-refractivity contribution in [1.82, 2.24) is 26.2 Å². The van der Waals surface area contributed by atoms with E-state index in [0.717, 1.165) is 39.0 Å². The number of likely N-dealkylation sites (tertiary alicyclic amines) is 1. The van der Waals surface area contributed by atoms with E-state index < -0.39 is 82.9 Å². The summed E-state index contributed by atoms with van der Waals surface area (Å²) in [4.78, 5) is 107. The minimum absolute atomic E-state index is 0.0298. The molecule has 3 rings (SSSR count). The molecular formula is C38H55N5O10. The molecule has 2 aliphatic rings. The van der Waals surface area contributed by atoms with E-state index in [1.165, 1.54) is 17.0 Å². The molecule has 1 unspecified atom stereocenters. The number of carboxylic acid groups (broad SMARTS) is 1. The Morgan fingerprint density at radius 3 is 2.13 bits per heavy atom. The van der Waals surface area contributed by atoms with Crippen molar-refractivity contribution in [1.29, 1.82) is 0 Å². The van der Waals surface area contributed by atoms with E-state index in [9.17, 15) is 43.5 Å². The molecule has 1 saturated carbocycles. The lowest BCUT2D eigenvalue weighted by atomic mass is 9.83. The van der Waals surface area contributed by atoms with Gasteiger partial charge in [-0.05, 0) is 55.4 Å². The molecule has 0 bridgehead atoms. The molecule has 0 aromatic heterocycles. The molecular weight excluding hydrogens is 686 g/mol. The molecule has 53 heavy (non-hydrogen) atoms. The fourth-order valence-electron chi connectivity index (χ4n) is 6.87. The van der Waals surface area contributed by atoms with Crippen LogP contribution in [0.4, 0.5) is 4.79 Å². The van der Waals surface area contributed by atoms with Gasteiger partial charge in [-0.2, -0.15) is 0 Å². The van der Waals surface area contributed by atoms with Crippen molar-refractivity contribution in [2.75, 3.05) is 13.2 Å². The summed E-state index contributed by atoms with van der Waals surface area (Å²) in [7, 11) is 0. The highest BCUT2D eigenvalue weighted by molar-refractivity contribution is 6.39. The smallest absolute Gasteiger partial charge is 0.407 e. The number of nitrogens with zero attached hydrogens (tertiary/aromatic N) is 1. The van der Waals surface area contributed by atoms with Crippen LogP contribution in [0.3, 0.4) is 0 Å². The first-order valence-electron chi connectivity index (χ1n) is 18.4. The molecule has 1 aromatic rings. The number of nitrogens with one attached hydrogen (secondary N) is 4. The second-order valence-corrected chi connectivity index (χ2v) is 15.3. The summed E-state index contributed by atoms with van der Waals surface area (Å²) in [5.74, 6) is -7.00. The molecule has 0 radical (unpaired) electrons. The van der Waals surface area contributed by atoms with Crippen molar-refractivity contribution < 1.29 is 48.2 Å². The third-order valence-corrected chi connectivity index (χ3v) is 9.56. The first-order valence-corrected chi connectivity index (χ1v) is 18.4. The topological polar surface area (TPSA) is 217 Å². The number of hydrogen-bond donors (Lipinski definition) is 5. The average molecular weight is 742 g/mol. The lowest BCUT2D eigenvalue weighted by molar-refractivity contribution is -0.145. The van der Waals surface area contributed by atoms with Crippen LogP contribution in [0, 0.1) is 17.3 Å². The molecule has 0 spiro atoms. The van der Waals surface area contributed by atoms with Gasteiger partial charge in [0, 0.05) is 6.54 Å². The normalized spacial score (nSPS) is 19.2. The van der Waals surface area contributed by atoms with E-state index in [2.05, 4.69) is 21.3 Å². The van der Waals surface area contributed by atoms with Gasteiger partial charge < -0.3 is 36.0 Å². The highest BCUT2D eigenvalue weighted by Gasteiger charge is 2.48. The number of Topliss-reactive ketones (excluding diaryl/α,β-unsaturated/α-hetero) is 2. The molecule has 15 nitrogen and oxygen atoms in total. The van der Waals surface area contributed by atoms with Crippen LogP contribution in [0.2, 0.25) is 0 Å². The molecule has 5 amide bonds. The Labute approximate surface area is 310 Å². The van der Waals surface area contributed by atoms with Crippen LogP contribution in [0.1, 0.15) is 105 Å². The van der Waals surface area contributed by atoms with Crippen molar-refractivity contribution in [3.8, 4) is 0 Å². The van der Waals surface area contributed by atoms with Crippen LogP contribution in [-0.2, 0) is 38.3 Å². The van der Waals surface area contributed by atoms with Gasteiger partial charge in [-0.1, -0.05) is 90.6 Å². The molecule has 5 N–H and O–H groups in total. The summed E-state index contributed by atoms with van der Waals surface area (Å²) in [5.41, 5.74) is -0.275. The Morgan fingerprint density at radius 1 is 0.925 bits per heavy atom. The number of amides is 5. The number of carbonyl (C=O) groups excluding carboxylic acids is 7. The number of carboxylic acids is 1. The van der Waals surface area contributed by atoms with E-state index in [1.807, 2.05) is 27.7 Å². The van der Waals surface area contributed by atoms with Crippen molar-refractivity contribution in [3.63, 3.8) is 0 Å². The highest BCUT2D eigenvalue weighted by Crippen LogP contribution is 2.36. The Bertz CT molecular complexity index is 1510. The third-order valence-electron chi connectivity index (χ3n) is 9.56. The largest absolute Gasteiger partial charge is 0.479 e. The zero-order valence-electron chi connectivity index (χ0n) is 31.6. The van der Waals surface area contributed by atoms with E-state index in [0.29, 0.717) is 6.42 Å². The van der Waals surface area contributed by atoms with E-state index in [1.54, 1.807) is 25.1 Å². The van der Waals surface area contributed by atoms with Gasteiger partial charge in [0.25, 0.3) is 11.8 Å². The van der Waals surface area contributed by atoms with Crippen molar-refractivity contribution in [2.45, 2.75) is 123 Å². The summed E-state index contributed by atoms with van der Waals surface area (Å²) >= 11 is 0. The van der Waals surface area contributed by atoms with Crippen LogP contribution in [0.15, 0.2) is 30.3 Å². The maximum Gasteiger partial charge on any atom is 0.407 e. The Hall–Kier alpha value is -4.82. The minimum atomic E-state index is -1.89. The van der Waals surface area contributed by atoms with E-state index in [4.69, 9.17) is 4.74 Å². The number of carbonyl (C=O) groups is 8. The lowest BCUT2D eigenvalue weighted by Crippen LogP contribution is -2.59. The van der Waals surface area contributed by atoms with Gasteiger partial charge in [0.05, 0.1) is 12.6 Å². The zero-order valence-corrected chi connectivity index (χ0v) is 31.6. The number of ketones is 2. The van der Waals surface area contributed by atoms with Gasteiger partial charge in [0.2, 0.25) is 17.6 Å². The van der Waals surface area contributed by atoms with E-state index in [-0.39, 0.29) is 43.4 Å². The lowest BCUT2D eigenvalue weighted by Gasteiger charge is -2.35. The van der Waals surface area contributed by atoms with Crippen molar-refractivity contribution in [2.24, 2.45) is 17.3 Å². The predicted molar refractivity (Wildman–Crippen MR) is 193 cm³/mol. The fourth-order valence-corrected chi connectivity index (χ4v) is 6.87. The summed E-state index contributed by atoms with van der Waals surface area (Å²) in [6.45, 7) is 10.7. The highest BCUT2D eigenvalue weighted by atomic mass is 16.5. The number of hydrogen-bond acceptors (Lipinski definition) is 9. The second kappa shape index (κ2) is 19.3. The van der Waals surface area contributed by atoms with Crippen LogP contribution < -0.4 is 21.3 Å². The van der Waals surface area contributed by atoms with Crippen molar-refractivity contribution in [3.05, 3.63) is 35.9 Å². The molecule has 15 heteroatoms. The van der Waals surface area contributed by atoms with E-state index >= 15 is 0 Å². The summed E-state index contributed by atoms with van der Waals surface area (Å²) < 4.78 is 5.34. The van der Waals surface area contributed by atoms with Crippen LogP contribution in [0.25, 0.3) is 0 Å². The average Bonchev–Trinajstić information content (AvgIpc) is 3.45. The number of alkyl carbamates (subject to hydrolysis) is 1. The number of ether oxygens (including phenoxy) is 1. The standard InChI is InChI=1S/C38H55N5O10/c1-7-14-26(31(45)34(48)40-28(23(4)44)33(47)41-30(36(50)51)25-17-12-9-13-18-25)39-32(46)27-19-38(5,6)21-43(27)35(49)29(24-15-10-8-11-16-24)42-37(52)53-20-22(2)3/h9,12-13,17-18,22,24,26-30H,7-8,10-11,14-16,19-21H2,1-6H3,(H,39,46)(H,40,48)(H,41,47)(H,42,52)(H,50,51)/t26?,27-,28-,29-,30-/m0/s1. The Balaban J connectivity index is 1.78. The molecule has 1 saturated heterocycles. The van der Waals surface area contributed by atoms with Crippen LogP contribution in [-0.4, -0.2) is 94.6 Å². The SMILES string of the molecule is CCCC(NC(=O)[C@@H]1CC(C)(C)CN1C(=O)[C@@H](NC(=O)OCC(C)C)C1CCCCC1)C(=O)C(=O)N[C@@H](C(C)=O)C(=O)N[C@H](C(=O)O)c1ccccc1. The Kier molecular flexibility index (Phi) is 15.5. The quantitative estimate of drug-likeness (QED) is 0.116. The summed E-state index contributed by atoms with van der Waals surface area (Å²) in [6, 6.07) is 1.00. The third kappa shape index (κ3) is 12.1. The number of rotatable bonds is 17. The predicted octanol–water partition coefficient (Wildman–Crippen LogP) is 2.81. The van der Waals surface area contributed by atoms with Gasteiger partial charge >= 0.3 is 12.1 Å². The van der Waals surface area contributed by atoms with Crippen LogP contribution >= 0.6 is 0 Å². The molecule has 1 heterocycles. The molecule has 292 valence electrons. The van der Waals surface area contributed by atoms with Crippen molar-refractivity contribution >= 4 is 47.3 Å². The number of aliphatic carboxylic acids is 1. The van der Waals surface area contributed by atoms with Gasteiger partial charge in [0.1, 0.15) is 12.1 Å². The minimum Gasteiger partial charge on any atom is -0.479 e. The molecule has 1 aliphatic carbocycles. The van der Waals surface area contributed by atoms with Gasteiger partial charge in [-0.3, -0.25) is 28.8 Å². The first-order chi connectivity index (χ1) is 24.9. The second-order valence-electron chi connectivity index (χ2n) is 15.3. The maximum absolute atomic E-state index is 14.3. The van der Waals surface area contributed by atoms with Gasteiger partial charge in [-0.15, -0.1) is 0 Å². The summed E-state index contributed by atoms with van der Waals surface area (Å²) in [5, 5.41) is 19.5.